The molecule has 3 heteroatoms. The molecule has 1 saturated carbocycles. The van der Waals surface area contributed by atoms with Crippen molar-refractivity contribution in [2.24, 2.45) is 0 Å². The smallest absolute Gasteiger partial charge is 0.119 e. The van der Waals surface area contributed by atoms with Crippen molar-refractivity contribution in [3.05, 3.63) is 24.3 Å². The van der Waals surface area contributed by atoms with E-state index >= 15 is 0 Å². The summed E-state index contributed by atoms with van der Waals surface area (Å²) in [6.07, 6.45) is 5.43. The first-order chi connectivity index (χ1) is 9.31. The second-order valence-electron chi connectivity index (χ2n) is 5.76. The zero-order valence-electron chi connectivity index (χ0n) is 11.8. The number of benzene rings is 1. The van der Waals surface area contributed by atoms with E-state index in [1.807, 2.05) is 6.92 Å². The van der Waals surface area contributed by atoms with Gasteiger partial charge in [-0.1, -0.05) is 12.8 Å². The molecule has 0 aromatic heterocycles. The van der Waals surface area contributed by atoms with Crippen LogP contribution < -0.4 is 15.0 Å². The van der Waals surface area contributed by atoms with Crippen LogP contribution in [0.15, 0.2) is 24.3 Å². The largest absolute Gasteiger partial charge is 0.494 e. The van der Waals surface area contributed by atoms with Crippen molar-refractivity contribution < 1.29 is 4.74 Å². The summed E-state index contributed by atoms with van der Waals surface area (Å²) >= 11 is 0. The minimum Gasteiger partial charge on any atom is -0.494 e. The first-order valence-corrected chi connectivity index (χ1v) is 7.54. The Hall–Kier alpha value is -1.22. The minimum absolute atomic E-state index is 0.386. The molecule has 1 aromatic carbocycles. The number of ether oxygens (including phenoxy) is 1. The monoisotopic (exact) mass is 260 g/mol. The lowest BCUT2D eigenvalue weighted by Gasteiger charge is -2.42. The highest BCUT2D eigenvalue weighted by Gasteiger charge is 2.37. The molecule has 3 rings (SSSR count). The summed E-state index contributed by atoms with van der Waals surface area (Å²) in [7, 11) is 0. The Balaban J connectivity index is 1.70. The molecule has 1 heterocycles. The van der Waals surface area contributed by atoms with Crippen molar-refractivity contribution in [3.8, 4) is 5.75 Å². The summed E-state index contributed by atoms with van der Waals surface area (Å²) in [4.78, 5) is 2.53. The van der Waals surface area contributed by atoms with Crippen LogP contribution in [-0.2, 0) is 0 Å². The zero-order valence-corrected chi connectivity index (χ0v) is 11.8. The number of hydrogen-bond donors (Lipinski definition) is 1. The molecule has 0 unspecified atom stereocenters. The predicted molar refractivity (Wildman–Crippen MR) is 79.0 cm³/mol. The third-order valence-corrected chi connectivity index (χ3v) is 4.45. The highest BCUT2D eigenvalue weighted by atomic mass is 16.5. The van der Waals surface area contributed by atoms with E-state index in [2.05, 4.69) is 34.5 Å². The van der Waals surface area contributed by atoms with Gasteiger partial charge in [0.25, 0.3) is 0 Å². The number of hydrogen-bond acceptors (Lipinski definition) is 3. The summed E-state index contributed by atoms with van der Waals surface area (Å²) in [5.74, 6) is 0.969. The minimum atomic E-state index is 0.386. The summed E-state index contributed by atoms with van der Waals surface area (Å²) in [5, 5.41) is 3.76. The van der Waals surface area contributed by atoms with Crippen molar-refractivity contribution in [2.45, 2.75) is 38.1 Å². The molecule has 1 aliphatic heterocycles. The maximum atomic E-state index is 5.51. The first-order valence-electron chi connectivity index (χ1n) is 7.54. The number of nitrogens with one attached hydrogen (secondary N) is 1. The van der Waals surface area contributed by atoms with Gasteiger partial charge in [-0.25, -0.2) is 0 Å². The van der Waals surface area contributed by atoms with Gasteiger partial charge in [-0.05, 0) is 44.0 Å². The van der Waals surface area contributed by atoms with Crippen LogP contribution in [0.3, 0.4) is 0 Å². The second-order valence-corrected chi connectivity index (χ2v) is 5.76. The van der Waals surface area contributed by atoms with Gasteiger partial charge in [-0.15, -0.1) is 0 Å². The standard InChI is InChI=1S/C16H24N2O/c1-2-19-15-7-5-14(6-8-15)18-12-11-17-16(13-18)9-3-4-10-16/h5-8,17H,2-4,9-13H2,1H3. The molecule has 1 N–H and O–H groups in total. The second kappa shape index (κ2) is 5.41. The lowest BCUT2D eigenvalue weighted by atomic mass is 9.94. The molecule has 104 valence electrons. The average Bonchev–Trinajstić information content (AvgIpc) is 2.88. The van der Waals surface area contributed by atoms with E-state index in [-0.39, 0.29) is 0 Å². The number of rotatable bonds is 3. The summed E-state index contributed by atoms with van der Waals surface area (Å²) < 4.78 is 5.51. The highest BCUT2D eigenvalue weighted by molar-refractivity contribution is 5.50. The van der Waals surface area contributed by atoms with Crippen LogP contribution in [-0.4, -0.2) is 31.8 Å². The van der Waals surface area contributed by atoms with E-state index in [0.717, 1.165) is 32.0 Å². The Bertz CT molecular complexity index is 409. The lowest BCUT2D eigenvalue weighted by Crippen LogP contribution is -2.59. The molecular formula is C16H24N2O. The predicted octanol–water partition coefficient (Wildman–Crippen LogP) is 2.81. The topological polar surface area (TPSA) is 24.5 Å². The fraction of sp³-hybridized carbons (Fsp3) is 0.625. The fourth-order valence-corrected chi connectivity index (χ4v) is 3.48. The molecule has 1 spiro atoms. The third-order valence-electron chi connectivity index (χ3n) is 4.45. The van der Waals surface area contributed by atoms with Crippen LogP contribution in [0.4, 0.5) is 5.69 Å². The van der Waals surface area contributed by atoms with Gasteiger partial charge in [0.1, 0.15) is 5.75 Å². The first kappa shape index (κ1) is 12.8. The summed E-state index contributed by atoms with van der Waals surface area (Å²) in [5.41, 5.74) is 1.72. The Kier molecular flexibility index (Phi) is 3.65. The van der Waals surface area contributed by atoms with Crippen LogP contribution >= 0.6 is 0 Å². The SMILES string of the molecule is CCOc1ccc(N2CCNC3(CCCC3)C2)cc1. The Morgan fingerprint density at radius 2 is 1.95 bits per heavy atom. The summed E-state index contributed by atoms with van der Waals surface area (Å²) in [6, 6.07) is 8.56. The van der Waals surface area contributed by atoms with Gasteiger partial charge in [-0.2, -0.15) is 0 Å². The Labute approximate surface area is 115 Å². The highest BCUT2D eigenvalue weighted by Crippen LogP contribution is 2.33. The number of piperazine rings is 1. The van der Waals surface area contributed by atoms with Crippen LogP contribution in [0.5, 0.6) is 5.75 Å². The van der Waals surface area contributed by atoms with Gasteiger partial charge < -0.3 is 15.0 Å². The molecule has 0 amide bonds. The molecule has 0 bridgehead atoms. The van der Waals surface area contributed by atoms with E-state index in [1.165, 1.54) is 31.4 Å². The van der Waals surface area contributed by atoms with E-state index < -0.39 is 0 Å². The van der Waals surface area contributed by atoms with Crippen molar-refractivity contribution in [3.63, 3.8) is 0 Å². The molecule has 1 aliphatic carbocycles. The van der Waals surface area contributed by atoms with E-state index in [0.29, 0.717) is 5.54 Å². The van der Waals surface area contributed by atoms with E-state index in [4.69, 9.17) is 4.74 Å². The number of nitrogens with zero attached hydrogens (tertiary/aromatic N) is 1. The van der Waals surface area contributed by atoms with Gasteiger partial charge >= 0.3 is 0 Å². The Morgan fingerprint density at radius 3 is 2.63 bits per heavy atom. The van der Waals surface area contributed by atoms with Crippen LogP contribution in [0.2, 0.25) is 0 Å². The zero-order chi connectivity index (χ0) is 13.1. The van der Waals surface area contributed by atoms with Crippen molar-refractivity contribution in [2.75, 3.05) is 31.1 Å². The normalized spacial score (nSPS) is 21.8. The molecule has 1 saturated heterocycles. The molecular weight excluding hydrogens is 236 g/mol. The molecule has 0 radical (unpaired) electrons. The summed E-state index contributed by atoms with van der Waals surface area (Å²) in [6.45, 7) is 6.12. The van der Waals surface area contributed by atoms with Gasteiger partial charge in [0.15, 0.2) is 0 Å². The van der Waals surface area contributed by atoms with Gasteiger partial charge in [0.05, 0.1) is 6.61 Å². The molecule has 19 heavy (non-hydrogen) atoms. The molecule has 3 nitrogen and oxygen atoms in total. The lowest BCUT2D eigenvalue weighted by molar-refractivity contribution is 0.304. The van der Waals surface area contributed by atoms with Crippen LogP contribution in [0, 0.1) is 0 Å². The quantitative estimate of drug-likeness (QED) is 0.904. The van der Waals surface area contributed by atoms with Crippen LogP contribution in [0.1, 0.15) is 32.6 Å². The number of anilines is 1. The van der Waals surface area contributed by atoms with E-state index in [1.54, 1.807) is 0 Å². The van der Waals surface area contributed by atoms with Crippen molar-refractivity contribution >= 4 is 5.69 Å². The van der Waals surface area contributed by atoms with Crippen molar-refractivity contribution in [1.29, 1.82) is 0 Å². The third kappa shape index (κ3) is 2.71. The maximum absolute atomic E-state index is 5.51. The van der Waals surface area contributed by atoms with E-state index in [9.17, 15) is 0 Å². The average molecular weight is 260 g/mol. The van der Waals surface area contributed by atoms with Crippen LogP contribution in [0.25, 0.3) is 0 Å². The molecule has 1 aromatic rings. The Morgan fingerprint density at radius 1 is 1.21 bits per heavy atom. The van der Waals surface area contributed by atoms with Gasteiger partial charge in [0.2, 0.25) is 0 Å². The van der Waals surface area contributed by atoms with Gasteiger partial charge in [0, 0.05) is 30.9 Å². The molecule has 0 atom stereocenters. The maximum Gasteiger partial charge on any atom is 0.119 e. The molecule has 2 aliphatic rings. The fourth-order valence-electron chi connectivity index (χ4n) is 3.48. The van der Waals surface area contributed by atoms with Crippen molar-refractivity contribution in [1.82, 2.24) is 5.32 Å². The molecule has 2 fully saturated rings. The van der Waals surface area contributed by atoms with Gasteiger partial charge in [-0.3, -0.25) is 0 Å².